The number of hydrogen-bond donors (Lipinski definition) is 2. The SMILES string of the molecule is CC(C)[C@H](N)C(=O)OCC(C=O)OC(=O)[C@@H](N)C(C)C. The fourth-order valence-corrected chi connectivity index (χ4v) is 1.13. The molecule has 0 heterocycles. The van der Waals surface area contributed by atoms with E-state index < -0.39 is 30.1 Å². The van der Waals surface area contributed by atoms with E-state index in [1.165, 1.54) is 0 Å². The van der Waals surface area contributed by atoms with Crippen molar-refractivity contribution in [3.05, 3.63) is 0 Å². The Hall–Kier alpha value is -1.47. The molecule has 4 N–H and O–H groups in total. The average Bonchev–Trinajstić information content (AvgIpc) is 2.40. The van der Waals surface area contributed by atoms with Gasteiger partial charge in [-0.1, -0.05) is 27.7 Å². The van der Waals surface area contributed by atoms with Crippen molar-refractivity contribution >= 4 is 18.2 Å². The Bertz CT molecular complexity index is 344. The van der Waals surface area contributed by atoms with Gasteiger partial charge in [-0.3, -0.25) is 14.4 Å². The van der Waals surface area contributed by atoms with Gasteiger partial charge in [-0.15, -0.1) is 0 Å². The van der Waals surface area contributed by atoms with Crippen molar-refractivity contribution in [2.24, 2.45) is 23.3 Å². The number of nitrogens with two attached hydrogens (primary N) is 2. The van der Waals surface area contributed by atoms with Gasteiger partial charge in [0.2, 0.25) is 0 Å². The van der Waals surface area contributed by atoms with Gasteiger partial charge in [0, 0.05) is 0 Å². The lowest BCUT2D eigenvalue weighted by molar-refractivity contribution is -0.163. The van der Waals surface area contributed by atoms with E-state index in [9.17, 15) is 14.4 Å². The van der Waals surface area contributed by atoms with Crippen LogP contribution in [-0.2, 0) is 23.9 Å². The van der Waals surface area contributed by atoms with Crippen LogP contribution in [0.5, 0.6) is 0 Å². The normalized spacial score (nSPS) is 15.6. The molecule has 0 rings (SSSR count). The Morgan fingerprint density at radius 2 is 1.45 bits per heavy atom. The van der Waals surface area contributed by atoms with Crippen LogP contribution < -0.4 is 11.5 Å². The van der Waals surface area contributed by atoms with Crippen LogP contribution in [0.3, 0.4) is 0 Å². The Balaban J connectivity index is 4.33. The molecule has 0 aliphatic rings. The van der Waals surface area contributed by atoms with Crippen LogP contribution in [0.25, 0.3) is 0 Å². The van der Waals surface area contributed by atoms with Crippen molar-refractivity contribution in [1.82, 2.24) is 0 Å². The van der Waals surface area contributed by atoms with Crippen molar-refractivity contribution in [3.8, 4) is 0 Å². The van der Waals surface area contributed by atoms with E-state index >= 15 is 0 Å². The van der Waals surface area contributed by atoms with Crippen LogP contribution in [-0.4, -0.2) is 43.0 Å². The highest BCUT2D eigenvalue weighted by Crippen LogP contribution is 2.04. The molecule has 0 saturated carbocycles. The Kier molecular flexibility index (Phi) is 8.02. The van der Waals surface area contributed by atoms with Gasteiger partial charge in [0.1, 0.15) is 18.7 Å². The van der Waals surface area contributed by atoms with Crippen molar-refractivity contribution in [3.63, 3.8) is 0 Å². The molecule has 116 valence electrons. The van der Waals surface area contributed by atoms with E-state index in [0.29, 0.717) is 6.29 Å². The summed E-state index contributed by atoms with van der Waals surface area (Å²) >= 11 is 0. The summed E-state index contributed by atoms with van der Waals surface area (Å²) in [5.74, 6) is -1.56. The van der Waals surface area contributed by atoms with Crippen LogP contribution in [0, 0.1) is 11.8 Å². The van der Waals surface area contributed by atoms with Crippen molar-refractivity contribution in [1.29, 1.82) is 0 Å². The van der Waals surface area contributed by atoms with Crippen LogP contribution in [0.4, 0.5) is 0 Å². The third-order valence-corrected chi connectivity index (χ3v) is 2.79. The summed E-state index contributed by atoms with van der Waals surface area (Å²) in [4.78, 5) is 33.9. The maximum atomic E-state index is 11.6. The number of aldehydes is 1. The molecular weight excluding hydrogens is 264 g/mol. The third-order valence-electron chi connectivity index (χ3n) is 2.79. The summed E-state index contributed by atoms with van der Waals surface area (Å²) < 4.78 is 9.71. The molecule has 0 radical (unpaired) electrons. The van der Waals surface area contributed by atoms with Crippen LogP contribution >= 0.6 is 0 Å². The smallest absolute Gasteiger partial charge is 0.324 e. The summed E-state index contributed by atoms with van der Waals surface area (Å²) in [6.07, 6.45) is -0.783. The van der Waals surface area contributed by atoms with E-state index in [-0.39, 0.29) is 18.4 Å². The largest absolute Gasteiger partial charge is 0.460 e. The fraction of sp³-hybridized carbons (Fsp3) is 0.769. The van der Waals surface area contributed by atoms with Gasteiger partial charge in [-0.05, 0) is 11.8 Å². The summed E-state index contributed by atoms with van der Waals surface area (Å²) in [5.41, 5.74) is 11.2. The van der Waals surface area contributed by atoms with E-state index in [4.69, 9.17) is 20.9 Å². The van der Waals surface area contributed by atoms with E-state index in [1.807, 2.05) is 0 Å². The second-order valence-electron chi connectivity index (χ2n) is 5.28. The van der Waals surface area contributed by atoms with Crippen LogP contribution in [0.1, 0.15) is 27.7 Å². The van der Waals surface area contributed by atoms with E-state index in [2.05, 4.69) is 0 Å². The van der Waals surface area contributed by atoms with Crippen molar-refractivity contribution in [2.75, 3.05) is 6.61 Å². The zero-order valence-electron chi connectivity index (χ0n) is 12.4. The minimum absolute atomic E-state index is 0.0888. The number of esters is 2. The molecule has 0 aromatic heterocycles. The second-order valence-corrected chi connectivity index (χ2v) is 5.28. The molecule has 1 unspecified atom stereocenters. The third kappa shape index (κ3) is 6.12. The first kappa shape index (κ1) is 18.5. The van der Waals surface area contributed by atoms with Gasteiger partial charge in [0.15, 0.2) is 12.4 Å². The monoisotopic (exact) mass is 288 g/mol. The first-order valence-electron chi connectivity index (χ1n) is 6.54. The number of ether oxygens (including phenoxy) is 2. The molecule has 0 spiro atoms. The summed E-state index contributed by atoms with van der Waals surface area (Å²) in [5, 5.41) is 0. The first-order chi connectivity index (χ1) is 9.20. The zero-order valence-corrected chi connectivity index (χ0v) is 12.4. The van der Waals surface area contributed by atoms with Crippen LogP contribution in [0.15, 0.2) is 0 Å². The molecule has 0 amide bonds. The van der Waals surface area contributed by atoms with Crippen LogP contribution in [0.2, 0.25) is 0 Å². The zero-order chi connectivity index (χ0) is 15.9. The molecule has 20 heavy (non-hydrogen) atoms. The number of hydrogen-bond acceptors (Lipinski definition) is 7. The topological polar surface area (TPSA) is 122 Å². The molecule has 0 fully saturated rings. The van der Waals surface area contributed by atoms with Gasteiger partial charge in [-0.2, -0.15) is 0 Å². The highest BCUT2D eigenvalue weighted by atomic mass is 16.6. The van der Waals surface area contributed by atoms with Gasteiger partial charge in [0.25, 0.3) is 0 Å². The molecule has 0 bridgehead atoms. The lowest BCUT2D eigenvalue weighted by Gasteiger charge is -2.19. The number of carbonyl (C=O) groups excluding carboxylic acids is 3. The quantitative estimate of drug-likeness (QED) is 0.460. The molecule has 7 heteroatoms. The molecule has 0 aromatic rings. The van der Waals surface area contributed by atoms with Gasteiger partial charge in [-0.25, -0.2) is 0 Å². The fourth-order valence-electron chi connectivity index (χ4n) is 1.13. The molecule has 0 aliphatic heterocycles. The second kappa shape index (κ2) is 8.65. The summed E-state index contributed by atoms with van der Waals surface area (Å²) in [6, 6.07) is -1.61. The highest BCUT2D eigenvalue weighted by molar-refractivity contribution is 5.78. The van der Waals surface area contributed by atoms with E-state index in [0.717, 1.165) is 0 Å². The number of rotatable bonds is 8. The predicted octanol–water partition coefficient (Wildman–Crippen LogP) is -0.393. The molecule has 0 saturated heterocycles. The summed E-state index contributed by atoms with van der Waals surface area (Å²) in [7, 11) is 0. The molecule has 7 nitrogen and oxygen atoms in total. The Morgan fingerprint density at radius 1 is 1.00 bits per heavy atom. The van der Waals surface area contributed by atoms with Gasteiger partial charge >= 0.3 is 11.9 Å². The highest BCUT2D eigenvalue weighted by Gasteiger charge is 2.25. The van der Waals surface area contributed by atoms with E-state index in [1.54, 1.807) is 27.7 Å². The Morgan fingerprint density at radius 3 is 1.85 bits per heavy atom. The molecule has 3 atom stereocenters. The number of carbonyl (C=O) groups is 3. The lowest BCUT2D eigenvalue weighted by Crippen LogP contribution is -2.42. The minimum atomic E-state index is -1.17. The Labute approximate surface area is 119 Å². The standard InChI is InChI=1S/C13H24N2O5/c1-7(2)10(14)12(17)19-6-9(5-16)20-13(18)11(15)8(3)4/h5,7-11H,6,14-15H2,1-4H3/t9?,10-,11-/m0/s1. The first-order valence-corrected chi connectivity index (χ1v) is 6.54. The molecule has 0 aromatic carbocycles. The van der Waals surface area contributed by atoms with Crippen molar-refractivity contribution < 1.29 is 23.9 Å². The lowest BCUT2D eigenvalue weighted by atomic mass is 10.1. The van der Waals surface area contributed by atoms with Crippen molar-refractivity contribution in [2.45, 2.75) is 45.9 Å². The van der Waals surface area contributed by atoms with Gasteiger partial charge < -0.3 is 20.9 Å². The maximum absolute atomic E-state index is 11.6. The molecular formula is C13H24N2O5. The molecule has 0 aliphatic carbocycles. The summed E-state index contributed by atoms with van der Waals surface area (Å²) in [6.45, 7) is 6.68. The minimum Gasteiger partial charge on any atom is -0.460 e. The van der Waals surface area contributed by atoms with Gasteiger partial charge in [0.05, 0.1) is 0 Å². The average molecular weight is 288 g/mol. The maximum Gasteiger partial charge on any atom is 0.324 e. The predicted molar refractivity (Wildman–Crippen MR) is 72.5 cm³/mol.